The molecule has 2 N–H and O–H groups in total. The highest BCUT2D eigenvalue weighted by Crippen LogP contribution is 2.33. The van der Waals surface area contributed by atoms with Gasteiger partial charge in [-0.2, -0.15) is 0 Å². The van der Waals surface area contributed by atoms with Crippen LogP contribution in [0.15, 0.2) is 103 Å². The van der Waals surface area contributed by atoms with Crippen LogP contribution in [0.25, 0.3) is 6.08 Å². The fraction of sp³-hybridized carbons (Fsp3) is 0.318. The van der Waals surface area contributed by atoms with Crippen LogP contribution in [0.3, 0.4) is 0 Å². The Morgan fingerprint density at radius 2 is 1.22 bits per heavy atom. The third-order valence-corrected chi connectivity index (χ3v) is 7.24. The lowest BCUT2D eigenvalue weighted by Gasteiger charge is -2.21. The van der Waals surface area contributed by atoms with Crippen LogP contribution in [-0.2, 0) is 41.8 Å². The molecule has 0 saturated heterocycles. The van der Waals surface area contributed by atoms with Crippen molar-refractivity contribution in [1.29, 1.82) is 0 Å². The van der Waals surface area contributed by atoms with Crippen molar-refractivity contribution in [2.24, 2.45) is 5.73 Å². The number of nitrogens with zero attached hydrogens (tertiary/aromatic N) is 1. The number of nitro benzene ring substituents is 1. The highest BCUT2D eigenvalue weighted by atomic mass is 16.6. The lowest BCUT2D eigenvalue weighted by molar-refractivity contribution is -0.384. The molecular formula is C44H50N2O12. The maximum absolute atomic E-state index is 12.8. The topological polar surface area (TPSA) is 193 Å². The zero-order chi connectivity index (χ0) is 42.7. The van der Waals surface area contributed by atoms with Gasteiger partial charge in [0.15, 0.2) is 11.5 Å². The van der Waals surface area contributed by atoms with Gasteiger partial charge in [0.25, 0.3) is 5.69 Å². The number of carbonyl (C=O) groups excluding carboxylic acids is 4. The van der Waals surface area contributed by atoms with Gasteiger partial charge in [-0.1, -0.05) is 72.8 Å². The van der Waals surface area contributed by atoms with Crippen molar-refractivity contribution in [3.05, 3.63) is 136 Å². The lowest BCUT2D eigenvalue weighted by Crippen LogP contribution is -2.26. The van der Waals surface area contributed by atoms with Crippen molar-refractivity contribution < 1.29 is 52.5 Å². The summed E-state index contributed by atoms with van der Waals surface area (Å²) >= 11 is 0. The number of hydrogen-bond acceptors (Lipinski definition) is 12. The number of esters is 3. The van der Waals surface area contributed by atoms with Crippen LogP contribution in [0.5, 0.6) is 17.2 Å². The van der Waals surface area contributed by atoms with E-state index in [4.69, 9.17) is 34.2 Å². The molecule has 1 amide bonds. The molecule has 0 heterocycles. The van der Waals surface area contributed by atoms with Gasteiger partial charge >= 0.3 is 17.9 Å². The number of benzene rings is 4. The summed E-state index contributed by atoms with van der Waals surface area (Å²) in [5, 5.41) is 11.4. The van der Waals surface area contributed by atoms with Gasteiger partial charge in [-0.05, 0) is 70.9 Å². The SMILES string of the molecule is CC(C)(C)OC(=O)CCC(=O)OC(C)(C)C.NC(=O)/C=C/c1cccc(OCc2ccccc2)c1OCCOc1cc([N+](=O)[O-])ccc1C(=O)OCc1ccccc1. The molecule has 0 fully saturated rings. The summed E-state index contributed by atoms with van der Waals surface area (Å²) in [5.74, 6) is -1.33. The maximum Gasteiger partial charge on any atom is 0.342 e. The molecule has 4 aromatic rings. The van der Waals surface area contributed by atoms with Gasteiger partial charge in [-0.3, -0.25) is 24.5 Å². The Kier molecular flexibility index (Phi) is 17.4. The predicted molar refractivity (Wildman–Crippen MR) is 216 cm³/mol. The van der Waals surface area contributed by atoms with Gasteiger partial charge in [0.1, 0.15) is 48.9 Å². The van der Waals surface area contributed by atoms with Crippen LogP contribution in [-0.4, -0.2) is 53.2 Å². The van der Waals surface area contributed by atoms with Gasteiger partial charge in [0.2, 0.25) is 5.91 Å². The van der Waals surface area contributed by atoms with Crippen molar-refractivity contribution in [3.63, 3.8) is 0 Å². The van der Waals surface area contributed by atoms with Crippen molar-refractivity contribution in [3.8, 4) is 17.2 Å². The molecule has 0 aliphatic rings. The Morgan fingerprint density at radius 3 is 1.76 bits per heavy atom. The van der Waals surface area contributed by atoms with E-state index < -0.39 is 28.0 Å². The Labute approximate surface area is 338 Å². The minimum absolute atomic E-state index is 0.0201. The van der Waals surface area contributed by atoms with E-state index in [2.05, 4.69) is 0 Å². The van der Waals surface area contributed by atoms with E-state index >= 15 is 0 Å². The number of primary amides is 1. The predicted octanol–water partition coefficient (Wildman–Crippen LogP) is 7.94. The number of nitrogens with two attached hydrogens (primary N) is 1. The fourth-order valence-electron chi connectivity index (χ4n) is 4.84. The van der Waals surface area contributed by atoms with E-state index in [1.807, 2.05) is 60.7 Å². The van der Waals surface area contributed by atoms with Crippen LogP contribution in [0.2, 0.25) is 0 Å². The van der Waals surface area contributed by atoms with Gasteiger partial charge in [-0.15, -0.1) is 0 Å². The molecule has 0 unspecified atom stereocenters. The first kappa shape index (κ1) is 45.7. The van der Waals surface area contributed by atoms with Gasteiger partial charge in [0, 0.05) is 17.7 Å². The molecule has 4 rings (SSSR count). The fourth-order valence-corrected chi connectivity index (χ4v) is 4.84. The van der Waals surface area contributed by atoms with E-state index in [0.29, 0.717) is 17.1 Å². The number of hydrogen-bond donors (Lipinski definition) is 1. The van der Waals surface area contributed by atoms with Crippen LogP contribution in [0, 0.1) is 10.1 Å². The lowest BCUT2D eigenvalue weighted by atomic mass is 10.1. The van der Waals surface area contributed by atoms with Crippen LogP contribution >= 0.6 is 0 Å². The molecule has 0 bridgehead atoms. The molecular weight excluding hydrogens is 748 g/mol. The molecule has 14 nitrogen and oxygen atoms in total. The summed E-state index contributed by atoms with van der Waals surface area (Å²) in [6.45, 7) is 10.9. The number of carbonyl (C=O) groups is 4. The monoisotopic (exact) mass is 798 g/mol. The van der Waals surface area contributed by atoms with Crippen molar-refractivity contribution in [2.45, 2.75) is 78.8 Å². The molecule has 0 atom stereocenters. The number of ether oxygens (including phenoxy) is 6. The van der Waals surface area contributed by atoms with Crippen molar-refractivity contribution in [2.75, 3.05) is 13.2 Å². The molecule has 0 saturated carbocycles. The summed E-state index contributed by atoms with van der Waals surface area (Å²) in [5.41, 5.74) is 6.32. The summed E-state index contributed by atoms with van der Waals surface area (Å²) in [6, 6.07) is 27.5. The first-order chi connectivity index (χ1) is 27.4. The molecule has 0 aromatic heterocycles. The van der Waals surface area contributed by atoms with Gasteiger partial charge in [-0.25, -0.2) is 4.79 Å². The molecule has 0 aliphatic carbocycles. The molecule has 308 valence electrons. The van der Waals surface area contributed by atoms with E-state index in [0.717, 1.165) is 17.2 Å². The van der Waals surface area contributed by atoms with Crippen LogP contribution in [0.1, 0.15) is 81.4 Å². The standard InChI is InChI=1S/C32H28N2O8.C12H22O4/c33-30(35)17-14-25-12-7-13-28(41-21-23-8-3-1-4-9-23)31(25)40-19-18-39-29-20-26(34(37)38)15-16-27(29)32(36)42-22-24-10-5-2-6-11-24;1-11(2,3)15-9(13)7-8-10(14)16-12(4,5)6/h1-17,20H,18-19,21-22H2,(H2,33,35);7-8H2,1-6H3/b17-14+;. The second-order valence-corrected chi connectivity index (χ2v) is 14.6. The second-order valence-electron chi connectivity index (χ2n) is 14.6. The molecule has 58 heavy (non-hydrogen) atoms. The Morgan fingerprint density at radius 1 is 0.672 bits per heavy atom. The maximum atomic E-state index is 12.8. The first-order valence-electron chi connectivity index (χ1n) is 18.4. The second kappa shape index (κ2) is 22.1. The van der Waals surface area contributed by atoms with Crippen molar-refractivity contribution >= 4 is 35.6 Å². The minimum atomic E-state index is -0.691. The number of rotatable bonds is 17. The Hall–Kier alpha value is -6.70. The largest absolute Gasteiger partial charge is 0.489 e. The molecule has 14 heteroatoms. The van der Waals surface area contributed by atoms with E-state index in [-0.39, 0.29) is 68.2 Å². The number of non-ortho nitro benzene ring substituents is 1. The molecule has 0 spiro atoms. The average Bonchev–Trinajstić information content (AvgIpc) is 3.16. The van der Waals surface area contributed by atoms with Crippen LogP contribution in [0.4, 0.5) is 5.69 Å². The van der Waals surface area contributed by atoms with E-state index in [1.165, 1.54) is 24.3 Å². The summed E-state index contributed by atoms with van der Waals surface area (Å²) in [6.07, 6.45) is 2.84. The molecule has 0 radical (unpaired) electrons. The van der Waals surface area contributed by atoms with Gasteiger partial charge < -0.3 is 34.2 Å². The van der Waals surface area contributed by atoms with Crippen molar-refractivity contribution in [1.82, 2.24) is 0 Å². The van der Waals surface area contributed by atoms with E-state index in [1.54, 1.807) is 59.7 Å². The van der Waals surface area contributed by atoms with Gasteiger partial charge in [0.05, 0.1) is 23.8 Å². The zero-order valence-corrected chi connectivity index (χ0v) is 33.6. The summed E-state index contributed by atoms with van der Waals surface area (Å²) < 4.78 is 33.3. The van der Waals surface area contributed by atoms with Crippen LogP contribution < -0.4 is 19.9 Å². The quantitative estimate of drug-likeness (QED) is 0.0271. The summed E-state index contributed by atoms with van der Waals surface area (Å²) in [4.78, 5) is 57.5. The summed E-state index contributed by atoms with van der Waals surface area (Å²) in [7, 11) is 0. The highest BCUT2D eigenvalue weighted by molar-refractivity contribution is 5.93. The zero-order valence-electron chi connectivity index (χ0n) is 33.6. The number of amides is 1. The smallest absolute Gasteiger partial charge is 0.342 e. The third-order valence-electron chi connectivity index (χ3n) is 7.24. The number of para-hydroxylation sites is 1. The Balaban J connectivity index is 0.000000475. The normalized spacial score (nSPS) is 11.1. The third kappa shape index (κ3) is 17.4. The first-order valence-corrected chi connectivity index (χ1v) is 18.4. The van der Waals surface area contributed by atoms with E-state index in [9.17, 15) is 29.3 Å². The molecule has 0 aliphatic heterocycles. The molecule has 4 aromatic carbocycles. The minimum Gasteiger partial charge on any atom is -0.489 e. The Bertz CT molecular complexity index is 1990. The highest BCUT2D eigenvalue weighted by Gasteiger charge is 2.21. The number of nitro groups is 1. The average molecular weight is 799 g/mol.